The molecule has 0 fully saturated rings. The molecule has 0 atom stereocenters. The Hall–Kier alpha value is -1.11. The predicted molar refractivity (Wildman–Crippen MR) is 63.7 cm³/mol. The summed E-state index contributed by atoms with van der Waals surface area (Å²) >= 11 is 0. The Bertz CT molecular complexity index is 392. The summed E-state index contributed by atoms with van der Waals surface area (Å²) in [7, 11) is -3.45. The second-order valence-corrected chi connectivity index (χ2v) is 4.92. The highest BCUT2D eigenvalue weighted by Gasteiger charge is 2.08. The molecule has 0 saturated carbocycles. The van der Waals surface area contributed by atoms with Gasteiger partial charge >= 0.3 is 0 Å². The SMILES string of the molecule is NCCS(=O)(=O)OCCNc1ccccc1. The van der Waals surface area contributed by atoms with Crippen LogP contribution in [0.15, 0.2) is 30.3 Å². The van der Waals surface area contributed by atoms with Crippen LogP contribution in [0.5, 0.6) is 0 Å². The van der Waals surface area contributed by atoms with Crippen LogP contribution >= 0.6 is 0 Å². The Morgan fingerprint density at radius 1 is 1.25 bits per heavy atom. The zero-order chi connectivity index (χ0) is 11.9. The fourth-order valence-corrected chi connectivity index (χ4v) is 1.87. The van der Waals surface area contributed by atoms with E-state index < -0.39 is 10.1 Å². The van der Waals surface area contributed by atoms with Crippen LogP contribution in [0.25, 0.3) is 0 Å². The molecule has 0 aliphatic heterocycles. The molecule has 0 spiro atoms. The van der Waals surface area contributed by atoms with E-state index in [9.17, 15) is 8.42 Å². The zero-order valence-corrected chi connectivity index (χ0v) is 9.74. The van der Waals surface area contributed by atoms with Gasteiger partial charge in [-0.25, -0.2) is 0 Å². The molecule has 0 aliphatic carbocycles. The van der Waals surface area contributed by atoms with Crippen molar-refractivity contribution in [3.05, 3.63) is 30.3 Å². The maximum Gasteiger partial charge on any atom is 0.268 e. The number of anilines is 1. The molecule has 0 unspecified atom stereocenters. The Kier molecular flexibility index (Phi) is 5.24. The molecule has 16 heavy (non-hydrogen) atoms. The fourth-order valence-electron chi connectivity index (χ4n) is 1.12. The summed E-state index contributed by atoms with van der Waals surface area (Å²) in [6.45, 7) is 0.624. The van der Waals surface area contributed by atoms with E-state index in [4.69, 9.17) is 9.92 Å². The van der Waals surface area contributed by atoms with Crippen LogP contribution in [0.2, 0.25) is 0 Å². The first-order valence-electron chi connectivity index (χ1n) is 5.00. The molecule has 3 N–H and O–H groups in total. The Morgan fingerprint density at radius 2 is 1.94 bits per heavy atom. The van der Waals surface area contributed by atoms with Gasteiger partial charge in [-0.1, -0.05) is 18.2 Å². The third kappa shape index (κ3) is 5.11. The van der Waals surface area contributed by atoms with Gasteiger partial charge in [0.25, 0.3) is 10.1 Å². The molecule has 5 nitrogen and oxygen atoms in total. The van der Waals surface area contributed by atoms with Crippen molar-refractivity contribution in [3.8, 4) is 0 Å². The predicted octanol–water partition coefficient (Wildman–Crippen LogP) is 0.404. The number of benzene rings is 1. The summed E-state index contributed by atoms with van der Waals surface area (Å²) in [6, 6.07) is 9.50. The number of nitrogens with one attached hydrogen (secondary N) is 1. The van der Waals surface area contributed by atoms with Gasteiger partial charge in [-0.15, -0.1) is 0 Å². The van der Waals surface area contributed by atoms with E-state index in [1.54, 1.807) is 0 Å². The summed E-state index contributed by atoms with van der Waals surface area (Å²) in [5, 5.41) is 3.04. The molecular formula is C10H16N2O3S. The monoisotopic (exact) mass is 244 g/mol. The molecule has 0 heterocycles. The van der Waals surface area contributed by atoms with Gasteiger partial charge in [-0.2, -0.15) is 8.42 Å². The lowest BCUT2D eigenvalue weighted by Crippen LogP contribution is -2.20. The molecular weight excluding hydrogens is 228 g/mol. The zero-order valence-electron chi connectivity index (χ0n) is 8.93. The van der Waals surface area contributed by atoms with Crippen LogP contribution < -0.4 is 11.1 Å². The van der Waals surface area contributed by atoms with Crippen molar-refractivity contribution in [3.63, 3.8) is 0 Å². The molecule has 90 valence electrons. The molecule has 0 saturated heterocycles. The first-order valence-corrected chi connectivity index (χ1v) is 6.58. The van der Waals surface area contributed by atoms with Crippen LogP contribution in [0, 0.1) is 0 Å². The van der Waals surface area contributed by atoms with Crippen molar-refractivity contribution in [1.29, 1.82) is 0 Å². The minimum absolute atomic E-state index is 0.0778. The summed E-state index contributed by atoms with van der Waals surface area (Å²) in [5.74, 6) is -0.141. The molecule has 0 radical (unpaired) electrons. The lowest BCUT2D eigenvalue weighted by Gasteiger charge is -2.06. The third-order valence-corrected chi connectivity index (χ3v) is 3.10. The molecule has 6 heteroatoms. The minimum Gasteiger partial charge on any atom is -0.383 e. The topological polar surface area (TPSA) is 81.4 Å². The van der Waals surface area contributed by atoms with Gasteiger partial charge in [0.15, 0.2) is 0 Å². The molecule has 1 rings (SSSR count). The van der Waals surface area contributed by atoms with Gasteiger partial charge in [0, 0.05) is 18.8 Å². The van der Waals surface area contributed by atoms with Crippen molar-refractivity contribution < 1.29 is 12.6 Å². The first kappa shape index (κ1) is 13.0. The number of hydrogen-bond donors (Lipinski definition) is 2. The highest BCUT2D eigenvalue weighted by molar-refractivity contribution is 7.86. The van der Waals surface area contributed by atoms with Gasteiger partial charge in [0.1, 0.15) is 0 Å². The van der Waals surface area contributed by atoms with Crippen molar-refractivity contribution in [2.45, 2.75) is 0 Å². The van der Waals surface area contributed by atoms with Gasteiger partial charge in [-0.3, -0.25) is 4.18 Å². The summed E-state index contributed by atoms with van der Waals surface area (Å²) in [5.41, 5.74) is 6.07. The average molecular weight is 244 g/mol. The molecule has 0 bridgehead atoms. The van der Waals surface area contributed by atoms with E-state index in [1.807, 2.05) is 30.3 Å². The van der Waals surface area contributed by atoms with E-state index in [0.717, 1.165) is 5.69 Å². The highest BCUT2D eigenvalue weighted by Crippen LogP contribution is 2.03. The first-order chi connectivity index (χ1) is 7.64. The van der Waals surface area contributed by atoms with Crippen molar-refractivity contribution in [1.82, 2.24) is 0 Å². The molecule has 1 aromatic rings. The van der Waals surface area contributed by atoms with Crippen LogP contribution in [-0.4, -0.2) is 33.9 Å². The minimum atomic E-state index is -3.45. The van der Waals surface area contributed by atoms with E-state index >= 15 is 0 Å². The fraction of sp³-hybridized carbons (Fsp3) is 0.400. The Morgan fingerprint density at radius 3 is 2.56 bits per heavy atom. The second kappa shape index (κ2) is 6.47. The maximum atomic E-state index is 11.1. The standard InChI is InChI=1S/C10H16N2O3S/c11-6-9-16(13,14)15-8-7-12-10-4-2-1-3-5-10/h1-5,12H,6-9,11H2. The van der Waals surface area contributed by atoms with E-state index in [0.29, 0.717) is 6.54 Å². The van der Waals surface area contributed by atoms with Gasteiger partial charge < -0.3 is 11.1 Å². The largest absolute Gasteiger partial charge is 0.383 e. The third-order valence-electron chi connectivity index (χ3n) is 1.84. The summed E-state index contributed by atoms with van der Waals surface area (Å²) in [4.78, 5) is 0. The molecule has 0 aliphatic rings. The average Bonchev–Trinajstić information content (AvgIpc) is 2.26. The summed E-state index contributed by atoms with van der Waals surface area (Å²) in [6.07, 6.45) is 0. The number of hydrogen-bond acceptors (Lipinski definition) is 5. The Labute approximate surface area is 95.7 Å². The second-order valence-electron chi connectivity index (χ2n) is 3.17. The molecule has 0 amide bonds. The normalized spacial score (nSPS) is 11.3. The van der Waals surface area contributed by atoms with Crippen molar-refractivity contribution in [2.75, 3.05) is 30.8 Å². The van der Waals surface area contributed by atoms with Gasteiger partial charge in [0.05, 0.1) is 12.4 Å². The van der Waals surface area contributed by atoms with Gasteiger partial charge in [-0.05, 0) is 12.1 Å². The van der Waals surface area contributed by atoms with Crippen LogP contribution in [-0.2, 0) is 14.3 Å². The van der Waals surface area contributed by atoms with E-state index in [1.165, 1.54) is 0 Å². The number of rotatable bonds is 7. The number of nitrogens with two attached hydrogens (primary N) is 1. The lowest BCUT2D eigenvalue weighted by atomic mass is 10.3. The van der Waals surface area contributed by atoms with Crippen molar-refractivity contribution >= 4 is 15.8 Å². The Balaban J connectivity index is 2.22. The maximum absolute atomic E-state index is 11.1. The summed E-state index contributed by atoms with van der Waals surface area (Å²) < 4.78 is 26.9. The van der Waals surface area contributed by atoms with E-state index in [2.05, 4.69) is 5.32 Å². The van der Waals surface area contributed by atoms with Gasteiger partial charge in [0.2, 0.25) is 0 Å². The molecule has 0 aromatic heterocycles. The van der Waals surface area contributed by atoms with Crippen LogP contribution in [0.1, 0.15) is 0 Å². The number of para-hydroxylation sites is 1. The quantitative estimate of drug-likeness (QED) is 0.536. The lowest BCUT2D eigenvalue weighted by molar-refractivity contribution is 0.332. The highest BCUT2D eigenvalue weighted by atomic mass is 32.2. The van der Waals surface area contributed by atoms with Crippen LogP contribution in [0.3, 0.4) is 0 Å². The smallest absolute Gasteiger partial charge is 0.268 e. The van der Waals surface area contributed by atoms with Crippen LogP contribution in [0.4, 0.5) is 5.69 Å². The van der Waals surface area contributed by atoms with E-state index in [-0.39, 0.29) is 18.9 Å². The molecule has 1 aromatic carbocycles. The van der Waals surface area contributed by atoms with Crippen molar-refractivity contribution in [2.24, 2.45) is 5.73 Å².